The minimum Gasteiger partial charge on any atom is -0.452 e. The highest BCUT2D eigenvalue weighted by molar-refractivity contribution is 9.10. The van der Waals surface area contributed by atoms with Crippen LogP contribution in [0.3, 0.4) is 0 Å². The van der Waals surface area contributed by atoms with Gasteiger partial charge < -0.3 is 9.73 Å². The van der Waals surface area contributed by atoms with Gasteiger partial charge in [-0.1, -0.05) is 48.9 Å². The van der Waals surface area contributed by atoms with Crippen molar-refractivity contribution in [3.05, 3.63) is 69.5 Å². The largest absolute Gasteiger partial charge is 0.452 e. The predicted octanol–water partition coefficient (Wildman–Crippen LogP) is 5.55. The van der Waals surface area contributed by atoms with E-state index in [0.717, 1.165) is 32.8 Å². The molecule has 3 aromatic rings. The second-order valence-corrected chi connectivity index (χ2v) is 6.00. The monoisotopic (exact) mass is 363 g/mol. The van der Waals surface area contributed by atoms with E-state index < -0.39 is 0 Å². The Morgan fingerprint density at radius 2 is 1.86 bits per heavy atom. The number of furan rings is 1. The first-order valence-corrected chi connectivity index (χ1v) is 8.03. The summed E-state index contributed by atoms with van der Waals surface area (Å²) in [5, 5.41) is 6.45. The summed E-state index contributed by atoms with van der Waals surface area (Å²) < 4.78 is 6.49. The van der Waals surface area contributed by atoms with Gasteiger partial charge in [-0.2, -0.15) is 0 Å². The highest BCUT2D eigenvalue weighted by Gasteiger charge is 2.19. The van der Waals surface area contributed by atoms with Crippen molar-refractivity contribution in [3.8, 4) is 0 Å². The fourth-order valence-corrected chi connectivity index (χ4v) is 3.14. The molecule has 108 valence electrons. The fraction of sp³-hybridized carbons (Fsp3) is 0.176. The lowest BCUT2D eigenvalue weighted by atomic mass is 9.97. The van der Waals surface area contributed by atoms with Crippen LogP contribution in [0, 0.1) is 0 Å². The Morgan fingerprint density at radius 1 is 1.10 bits per heavy atom. The van der Waals surface area contributed by atoms with Gasteiger partial charge in [-0.3, -0.25) is 0 Å². The van der Waals surface area contributed by atoms with E-state index in [-0.39, 0.29) is 6.04 Å². The van der Waals surface area contributed by atoms with Crippen molar-refractivity contribution in [2.24, 2.45) is 0 Å². The summed E-state index contributed by atoms with van der Waals surface area (Å²) in [4.78, 5) is 0. The van der Waals surface area contributed by atoms with Gasteiger partial charge in [0.2, 0.25) is 0 Å². The maximum atomic E-state index is 6.31. The van der Waals surface area contributed by atoms with Gasteiger partial charge in [-0.05, 0) is 51.6 Å². The standard InChI is InChI=1S/C17H15BrClNO/c1-2-20-17(15-9-10-16(18)21-15)13-7-8-14(19)12-6-4-3-5-11(12)13/h3-10,17,20H,2H2,1H3. The van der Waals surface area contributed by atoms with Gasteiger partial charge in [0.25, 0.3) is 0 Å². The van der Waals surface area contributed by atoms with Crippen LogP contribution in [-0.4, -0.2) is 6.54 Å². The van der Waals surface area contributed by atoms with Crippen LogP contribution in [0.15, 0.2) is 57.6 Å². The molecule has 0 aliphatic heterocycles. The number of hydrogen-bond donors (Lipinski definition) is 1. The van der Waals surface area contributed by atoms with Gasteiger partial charge in [0.15, 0.2) is 4.67 Å². The molecule has 21 heavy (non-hydrogen) atoms. The Bertz CT molecular complexity index is 768. The number of halogens is 2. The van der Waals surface area contributed by atoms with E-state index in [4.69, 9.17) is 16.0 Å². The molecule has 0 fully saturated rings. The molecule has 0 radical (unpaired) electrons. The second kappa shape index (κ2) is 6.22. The van der Waals surface area contributed by atoms with Crippen LogP contribution in [0.2, 0.25) is 5.02 Å². The molecule has 4 heteroatoms. The zero-order chi connectivity index (χ0) is 14.8. The summed E-state index contributed by atoms with van der Waals surface area (Å²) in [7, 11) is 0. The van der Waals surface area contributed by atoms with Crippen LogP contribution in [0.5, 0.6) is 0 Å². The van der Waals surface area contributed by atoms with Crippen LogP contribution in [-0.2, 0) is 0 Å². The maximum Gasteiger partial charge on any atom is 0.169 e. The molecule has 0 saturated heterocycles. The average molecular weight is 365 g/mol. The Labute approximate surface area is 137 Å². The average Bonchev–Trinajstić information content (AvgIpc) is 2.92. The van der Waals surface area contributed by atoms with Gasteiger partial charge in [0, 0.05) is 10.4 Å². The third-order valence-electron chi connectivity index (χ3n) is 3.50. The van der Waals surface area contributed by atoms with Crippen LogP contribution in [0.25, 0.3) is 10.8 Å². The fourth-order valence-electron chi connectivity index (χ4n) is 2.59. The quantitative estimate of drug-likeness (QED) is 0.657. The zero-order valence-electron chi connectivity index (χ0n) is 11.6. The first-order valence-electron chi connectivity index (χ1n) is 6.86. The molecule has 1 heterocycles. The van der Waals surface area contributed by atoms with Gasteiger partial charge in [0.05, 0.1) is 6.04 Å². The third-order valence-corrected chi connectivity index (χ3v) is 4.26. The molecule has 1 unspecified atom stereocenters. The van der Waals surface area contributed by atoms with Crippen LogP contribution in [0.4, 0.5) is 0 Å². The van der Waals surface area contributed by atoms with Gasteiger partial charge in [0.1, 0.15) is 5.76 Å². The topological polar surface area (TPSA) is 25.2 Å². The Kier molecular flexibility index (Phi) is 4.34. The van der Waals surface area contributed by atoms with Crippen LogP contribution >= 0.6 is 27.5 Å². The highest BCUT2D eigenvalue weighted by atomic mass is 79.9. The molecule has 0 aliphatic rings. The summed E-state index contributed by atoms with van der Waals surface area (Å²) in [5.74, 6) is 0.885. The SMILES string of the molecule is CCNC(c1ccc(Br)o1)c1ccc(Cl)c2ccccc12. The van der Waals surface area contributed by atoms with Crippen molar-refractivity contribution in [3.63, 3.8) is 0 Å². The van der Waals surface area contributed by atoms with Crippen LogP contribution in [0.1, 0.15) is 24.3 Å². The third kappa shape index (κ3) is 2.86. The van der Waals surface area contributed by atoms with E-state index in [1.807, 2.05) is 36.4 Å². The smallest absolute Gasteiger partial charge is 0.169 e. The molecule has 0 aliphatic carbocycles. The highest BCUT2D eigenvalue weighted by Crippen LogP contribution is 2.34. The molecule has 0 amide bonds. The molecule has 0 saturated carbocycles. The molecule has 2 aromatic carbocycles. The minimum absolute atomic E-state index is 0.00321. The lowest BCUT2D eigenvalue weighted by Crippen LogP contribution is -2.21. The molecule has 3 rings (SSSR count). The molecule has 0 bridgehead atoms. The number of nitrogens with one attached hydrogen (secondary N) is 1. The molecule has 2 nitrogen and oxygen atoms in total. The molecule has 1 atom stereocenters. The van der Waals surface area contributed by atoms with Crippen molar-refractivity contribution >= 4 is 38.3 Å². The number of benzene rings is 2. The minimum atomic E-state index is 0.00321. The maximum absolute atomic E-state index is 6.31. The summed E-state index contributed by atoms with van der Waals surface area (Å²) in [5.41, 5.74) is 1.17. The van der Waals surface area contributed by atoms with Crippen molar-refractivity contribution in [2.75, 3.05) is 6.54 Å². The van der Waals surface area contributed by atoms with E-state index in [0.29, 0.717) is 0 Å². The molecular formula is C17H15BrClNO. The first-order chi connectivity index (χ1) is 10.2. The van der Waals surface area contributed by atoms with Gasteiger partial charge in [-0.25, -0.2) is 0 Å². The number of hydrogen-bond acceptors (Lipinski definition) is 2. The normalized spacial score (nSPS) is 12.7. The summed E-state index contributed by atoms with van der Waals surface area (Å²) >= 11 is 9.68. The van der Waals surface area contributed by atoms with E-state index in [9.17, 15) is 0 Å². The summed E-state index contributed by atoms with van der Waals surface area (Å²) in [6.07, 6.45) is 0. The lowest BCUT2D eigenvalue weighted by Gasteiger charge is -2.18. The van der Waals surface area contributed by atoms with Crippen molar-refractivity contribution in [1.82, 2.24) is 5.32 Å². The van der Waals surface area contributed by atoms with E-state index >= 15 is 0 Å². The number of rotatable bonds is 4. The van der Waals surface area contributed by atoms with Gasteiger partial charge >= 0.3 is 0 Å². The number of fused-ring (bicyclic) bond motifs is 1. The lowest BCUT2D eigenvalue weighted by molar-refractivity contribution is 0.439. The molecule has 0 spiro atoms. The Hall–Kier alpha value is -1.29. The Balaban J connectivity index is 2.18. The van der Waals surface area contributed by atoms with Crippen molar-refractivity contribution < 1.29 is 4.42 Å². The van der Waals surface area contributed by atoms with E-state index in [2.05, 4.69) is 40.3 Å². The van der Waals surface area contributed by atoms with Crippen molar-refractivity contribution in [1.29, 1.82) is 0 Å². The molecule has 1 N–H and O–H groups in total. The van der Waals surface area contributed by atoms with Crippen molar-refractivity contribution in [2.45, 2.75) is 13.0 Å². The van der Waals surface area contributed by atoms with Gasteiger partial charge in [-0.15, -0.1) is 0 Å². The van der Waals surface area contributed by atoms with E-state index in [1.54, 1.807) is 0 Å². The van der Waals surface area contributed by atoms with Crippen LogP contribution < -0.4 is 5.32 Å². The second-order valence-electron chi connectivity index (χ2n) is 4.81. The van der Waals surface area contributed by atoms with E-state index in [1.165, 1.54) is 5.56 Å². The zero-order valence-corrected chi connectivity index (χ0v) is 13.9. The predicted molar refractivity (Wildman–Crippen MR) is 90.9 cm³/mol. The Morgan fingerprint density at radius 3 is 2.52 bits per heavy atom. The summed E-state index contributed by atoms with van der Waals surface area (Å²) in [6, 6.07) is 16.1. The molecular weight excluding hydrogens is 350 g/mol. The summed E-state index contributed by atoms with van der Waals surface area (Å²) in [6.45, 7) is 2.93. The molecule has 1 aromatic heterocycles. The first kappa shape index (κ1) is 14.6.